The van der Waals surface area contributed by atoms with Crippen molar-refractivity contribution in [3.05, 3.63) is 128 Å². The number of thiophene rings is 2. The Morgan fingerprint density at radius 3 is 0.862 bits per heavy atom. The van der Waals surface area contributed by atoms with Crippen molar-refractivity contribution in [2.45, 2.75) is 136 Å². The first-order chi connectivity index (χ1) is 29.9. The molecule has 1 aliphatic carbocycles. The minimum atomic E-state index is -5.70. The molecule has 9 rings (SSSR count). The van der Waals surface area contributed by atoms with Crippen LogP contribution in [0.2, 0.25) is 0 Å². The van der Waals surface area contributed by atoms with Gasteiger partial charge < -0.3 is 9.13 Å². The number of alkyl halides is 6. The van der Waals surface area contributed by atoms with Crippen LogP contribution in [0.25, 0.3) is 64.8 Å². The van der Waals surface area contributed by atoms with Crippen LogP contribution >= 0.6 is 22.7 Å². The summed E-state index contributed by atoms with van der Waals surface area (Å²) in [5.41, 5.74) is 3.62. The van der Waals surface area contributed by atoms with Crippen molar-refractivity contribution in [1.29, 1.82) is 0 Å². The van der Waals surface area contributed by atoms with E-state index < -0.39 is 28.9 Å². The lowest BCUT2D eigenvalue weighted by Crippen LogP contribution is -2.48. The average Bonchev–Trinajstić information content (AvgIpc) is 3.95. The first-order valence-electron chi connectivity index (χ1n) is 22.1. The molecule has 0 atom stereocenters. The van der Waals surface area contributed by atoms with Crippen molar-refractivity contribution in [3.63, 3.8) is 0 Å². The number of rotatable bonds is 4. The van der Waals surface area contributed by atoms with Crippen LogP contribution in [0.4, 0.5) is 26.3 Å². The zero-order valence-corrected chi connectivity index (χ0v) is 41.2. The largest absolute Gasteiger partial charge is 0.380 e. The molecule has 0 saturated carbocycles. The summed E-state index contributed by atoms with van der Waals surface area (Å²) in [7, 11) is 0. The van der Waals surface area contributed by atoms with Crippen molar-refractivity contribution in [3.8, 4) is 10.0 Å². The maximum absolute atomic E-state index is 16.7. The van der Waals surface area contributed by atoms with Crippen LogP contribution in [0.1, 0.15) is 126 Å². The van der Waals surface area contributed by atoms with Crippen LogP contribution in [0.3, 0.4) is 0 Å². The van der Waals surface area contributed by atoms with Crippen LogP contribution < -0.4 is 0 Å². The van der Waals surface area contributed by atoms with Crippen molar-refractivity contribution in [1.82, 2.24) is 9.13 Å². The zero-order chi connectivity index (χ0) is 47.5. The molecule has 0 bridgehead atoms. The third-order valence-corrected chi connectivity index (χ3v) is 15.5. The number of hydrogen-bond acceptors (Lipinski definition) is 2. The van der Waals surface area contributed by atoms with Gasteiger partial charge in [-0.15, -0.1) is 22.7 Å². The lowest BCUT2D eigenvalue weighted by Gasteiger charge is -2.25. The summed E-state index contributed by atoms with van der Waals surface area (Å²) in [6.07, 6.45) is 0. The number of nitrogens with zero attached hydrogens (tertiary/aromatic N) is 2. The number of hydrogen-bond donors (Lipinski definition) is 0. The maximum atomic E-state index is 16.7. The molecule has 340 valence electrons. The van der Waals surface area contributed by atoms with Crippen molar-refractivity contribution in [2.75, 3.05) is 0 Å². The second-order valence-electron chi connectivity index (χ2n) is 22.2. The monoisotopic (exact) mass is 922 g/mol. The quantitative estimate of drug-likeness (QED) is 0.156. The van der Waals surface area contributed by atoms with Crippen LogP contribution in [0.5, 0.6) is 0 Å². The second-order valence-corrected chi connectivity index (χ2v) is 24.7. The summed E-state index contributed by atoms with van der Waals surface area (Å²) in [4.78, 5) is 0.459. The van der Waals surface area contributed by atoms with Gasteiger partial charge in [-0.3, -0.25) is 0 Å². The molecule has 0 radical (unpaired) electrons. The van der Waals surface area contributed by atoms with E-state index in [0.717, 1.165) is 88.5 Å². The highest BCUT2D eigenvalue weighted by atomic mass is 32.1. The summed E-state index contributed by atoms with van der Waals surface area (Å²) in [5, 5.41) is 4.72. The molecule has 0 amide bonds. The molecular weight excluding hydrogens is 867 g/mol. The Kier molecular flexibility index (Phi) is 9.85. The van der Waals surface area contributed by atoms with E-state index in [4.69, 9.17) is 0 Å². The zero-order valence-electron chi connectivity index (χ0n) is 39.6. The summed E-state index contributed by atoms with van der Waals surface area (Å²) >= 11 is 2.25. The van der Waals surface area contributed by atoms with Gasteiger partial charge in [0.2, 0.25) is 0 Å². The SMILES string of the molecule is Cc1sc(-n2c3ccc(C(C)(C)C)cc3c3cc(C(C)(C)C)ccc32)cc1C1=C(c2cc(-n3c4ccc(C(C)(C)C)cc4c4cc(C(C)(C)C)ccc43)sc2C)C(F)(F)C(F)(F)C1(F)F. The van der Waals surface area contributed by atoms with Gasteiger partial charge in [-0.2, -0.15) is 26.3 Å². The molecular formula is C55H56F6N2S2. The molecule has 10 heteroatoms. The van der Waals surface area contributed by atoms with E-state index in [9.17, 15) is 0 Å². The van der Waals surface area contributed by atoms with Crippen LogP contribution in [-0.4, -0.2) is 26.9 Å². The molecule has 0 aliphatic heterocycles. The number of fused-ring (bicyclic) bond motifs is 6. The number of aryl methyl sites for hydroxylation is 2. The Labute approximate surface area is 385 Å². The van der Waals surface area contributed by atoms with E-state index in [1.165, 1.54) is 12.1 Å². The van der Waals surface area contributed by atoms with E-state index in [1.54, 1.807) is 13.8 Å². The Balaban J connectivity index is 1.29. The lowest BCUT2D eigenvalue weighted by atomic mass is 9.85. The fraction of sp³-hybridized carbons (Fsp3) is 0.382. The van der Waals surface area contributed by atoms with Gasteiger partial charge in [0, 0.05) is 53.6 Å². The smallest absolute Gasteiger partial charge is 0.301 e. The number of allylic oxidation sites excluding steroid dienone is 2. The van der Waals surface area contributed by atoms with Crippen molar-refractivity contribution in [2.24, 2.45) is 0 Å². The normalized spacial score (nSPS) is 16.9. The second kappa shape index (κ2) is 14.1. The van der Waals surface area contributed by atoms with Gasteiger partial charge in [0.15, 0.2) is 0 Å². The van der Waals surface area contributed by atoms with E-state index in [2.05, 4.69) is 107 Å². The molecule has 65 heavy (non-hydrogen) atoms. The van der Waals surface area contributed by atoms with Crippen LogP contribution in [0.15, 0.2) is 84.9 Å². The van der Waals surface area contributed by atoms with E-state index in [0.29, 0.717) is 10.0 Å². The number of halogens is 6. The highest BCUT2D eigenvalue weighted by molar-refractivity contribution is 7.15. The minimum absolute atomic E-state index is 0.170. The van der Waals surface area contributed by atoms with E-state index in [-0.39, 0.29) is 42.5 Å². The van der Waals surface area contributed by atoms with E-state index >= 15 is 26.3 Å². The number of aromatic nitrogens is 2. The maximum Gasteiger partial charge on any atom is 0.380 e. The molecule has 8 aromatic rings. The molecule has 4 aromatic carbocycles. The minimum Gasteiger partial charge on any atom is -0.301 e. The molecule has 2 nitrogen and oxygen atoms in total. The molecule has 0 spiro atoms. The molecule has 1 aliphatic rings. The Bertz CT molecular complexity index is 2940. The van der Waals surface area contributed by atoms with Crippen LogP contribution in [0, 0.1) is 13.8 Å². The predicted octanol–water partition coefficient (Wildman–Crippen LogP) is 17.6. The van der Waals surface area contributed by atoms with Gasteiger partial charge in [-0.05, 0) is 118 Å². The predicted molar refractivity (Wildman–Crippen MR) is 263 cm³/mol. The van der Waals surface area contributed by atoms with Gasteiger partial charge in [-0.1, -0.05) is 107 Å². The fourth-order valence-corrected chi connectivity index (χ4v) is 11.6. The third kappa shape index (κ3) is 6.77. The molecule has 4 heterocycles. The van der Waals surface area contributed by atoms with Gasteiger partial charge in [0.05, 0.1) is 22.1 Å². The highest BCUT2D eigenvalue weighted by Gasteiger charge is 2.80. The Morgan fingerprint density at radius 2 is 0.631 bits per heavy atom. The highest BCUT2D eigenvalue weighted by Crippen LogP contribution is 2.66. The van der Waals surface area contributed by atoms with Crippen molar-refractivity contribution < 1.29 is 26.3 Å². The number of benzene rings is 4. The third-order valence-electron chi connectivity index (χ3n) is 13.4. The van der Waals surface area contributed by atoms with Gasteiger partial charge in [0.25, 0.3) is 0 Å². The van der Waals surface area contributed by atoms with Crippen molar-refractivity contribution >= 4 is 77.4 Å². The average molecular weight is 923 g/mol. The molecule has 0 N–H and O–H groups in total. The summed E-state index contributed by atoms with van der Waals surface area (Å²) < 4.78 is 103. The van der Waals surface area contributed by atoms with Crippen LogP contribution in [-0.2, 0) is 21.7 Å². The summed E-state index contributed by atoms with van der Waals surface area (Å²) in [6, 6.07) is 27.6. The summed E-state index contributed by atoms with van der Waals surface area (Å²) in [6.45, 7) is 28.7. The first-order valence-corrected chi connectivity index (χ1v) is 23.8. The lowest BCUT2D eigenvalue weighted by molar-refractivity contribution is -0.254. The molecule has 4 aromatic heterocycles. The topological polar surface area (TPSA) is 9.86 Å². The molecule has 0 fully saturated rings. The van der Waals surface area contributed by atoms with Gasteiger partial charge in [-0.25, -0.2) is 0 Å². The van der Waals surface area contributed by atoms with E-state index in [1.807, 2.05) is 57.7 Å². The van der Waals surface area contributed by atoms with Gasteiger partial charge in [0.1, 0.15) is 10.0 Å². The first kappa shape index (κ1) is 45.4. The Hall–Kier alpha value is -4.80. The fourth-order valence-electron chi connectivity index (χ4n) is 9.47. The summed E-state index contributed by atoms with van der Waals surface area (Å²) in [5.74, 6) is -16.1. The molecule has 0 unspecified atom stereocenters. The molecule has 0 saturated heterocycles. The van der Waals surface area contributed by atoms with Gasteiger partial charge >= 0.3 is 17.8 Å². The Morgan fingerprint density at radius 1 is 0.385 bits per heavy atom. The standard InChI is InChI=1S/C55H56F6N2S2/c1-29-35(27-45(64-29)62-41-19-15-31(49(3,4)5)23-37(41)38-24-32(50(6,7)8)16-20-42(38)62)47-48(54(58,59)55(60,61)53(47,56)57)36-28-46(65-30(36)2)63-43-21-17-33(51(9,10)11)25-39(43)40-26-34(52(12,13)14)18-22-44(40)63/h15-28H,1-14H3.